The van der Waals surface area contributed by atoms with E-state index in [2.05, 4.69) is 24.1 Å². The van der Waals surface area contributed by atoms with Crippen molar-refractivity contribution in [3.05, 3.63) is 42.0 Å². The number of phenolic OH excluding ortho intramolecular Hbond substituents is 1. The monoisotopic (exact) mass is 241 g/mol. The summed E-state index contributed by atoms with van der Waals surface area (Å²) in [5, 5.41) is 12.7. The first-order chi connectivity index (χ1) is 8.77. The summed E-state index contributed by atoms with van der Waals surface area (Å²) < 4.78 is 0. The summed E-state index contributed by atoms with van der Waals surface area (Å²) in [7, 11) is 2.16. The van der Waals surface area contributed by atoms with Crippen LogP contribution in [-0.2, 0) is 0 Å². The van der Waals surface area contributed by atoms with Gasteiger partial charge < -0.3 is 5.11 Å². The first-order valence-corrected chi connectivity index (χ1v) is 6.68. The van der Waals surface area contributed by atoms with Gasteiger partial charge in [-0.15, -0.1) is 0 Å². The van der Waals surface area contributed by atoms with Crippen molar-refractivity contribution in [3.63, 3.8) is 0 Å². The quantitative estimate of drug-likeness (QED) is 0.823. The number of hydrogen-bond acceptors (Lipinski definition) is 2. The van der Waals surface area contributed by atoms with Gasteiger partial charge in [0.2, 0.25) is 0 Å². The van der Waals surface area contributed by atoms with E-state index in [9.17, 15) is 5.11 Å². The zero-order valence-corrected chi connectivity index (χ0v) is 10.8. The summed E-state index contributed by atoms with van der Waals surface area (Å²) in [6.07, 6.45) is 3.65. The summed E-state index contributed by atoms with van der Waals surface area (Å²) in [5.74, 6) is 0.437. The lowest BCUT2D eigenvalue weighted by molar-refractivity contribution is 0.185. The highest BCUT2D eigenvalue weighted by Gasteiger charge is 2.24. The number of fused-ring (bicyclic) bond motifs is 1. The predicted molar refractivity (Wildman–Crippen MR) is 74.8 cm³/mol. The molecule has 1 fully saturated rings. The summed E-state index contributed by atoms with van der Waals surface area (Å²) in [6, 6.07) is 12.5. The number of piperidine rings is 1. The third kappa shape index (κ3) is 1.87. The molecule has 1 aliphatic rings. The highest BCUT2D eigenvalue weighted by Crippen LogP contribution is 2.39. The normalized spacial score (nSPS) is 21.3. The Hall–Kier alpha value is -1.54. The first kappa shape index (κ1) is 11.5. The van der Waals surface area contributed by atoms with Crippen molar-refractivity contribution in [3.8, 4) is 5.75 Å². The van der Waals surface area contributed by atoms with E-state index < -0.39 is 0 Å². The highest BCUT2D eigenvalue weighted by molar-refractivity contribution is 5.88. The topological polar surface area (TPSA) is 23.5 Å². The second-order valence-corrected chi connectivity index (χ2v) is 5.21. The van der Waals surface area contributed by atoms with Crippen LogP contribution in [0, 0.1) is 0 Å². The van der Waals surface area contributed by atoms with Crippen LogP contribution in [0.2, 0.25) is 0 Å². The molecule has 0 aromatic heterocycles. The second kappa shape index (κ2) is 4.62. The second-order valence-electron chi connectivity index (χ2n) is 5.21. The Morgan fingerprint density at radius 2 is 1.94 bits per heavy atom. The Morgan fingerprint density at radius 3 is 2.78 bits per heavy atom. The van der Waals surface area contributed by atoms with Gasteiger partial charge in [0.15, 0.2) is 0 Å². The van der Waals surface area contributed by atoms with Gasteiger partial charge in [0.1, 0.15) is 5.75 Å². The molecule has 1 heterocycles. The van der Waals surface area contributed by atoms with Gasteiger partial charge in [-0.05, 0) is 43.3 Å². The SMILES string of the molecule is CN1CCCCC1c1c(O)ccc2ccccc12. The fraction of sp³-hybridized carbons (Fsp3) is 0.375. The van der Waals surface area contributed by atoms with E-state index in [1.807, 2.05) is 24.3 Å². The van der Waals surface area contributed by atoms with E-state index in [1.54, 1.807) is 0 Å². The van der Waals surface area contributed by atoms with Crippen LogP contribution in [0.5, 0.6) is 5.75 Å². The summed E-state index contributed by atoms with van der Waals surface area (Å²) in [5.41, 5.74) is 1.11. The lowest BCUT2D eigenvalue weighted by Gasteiger charge is -2.33. The molecule has 1 unspecified atom stereocenters. The van der Waals surface area contributed by atoms with Crippen molar-refractivity contribution < 1.29 is 5.11 Å². The molecule has 0 bridgehead atoms. The van der Waals surface area contributed by atoms with E-state index in [4.69, 9.17) is 0 Å². The Morgan fingerprint density at radius 1 is 1.11 bits per heavy atom. The maximum atomic E-state index is 10.3. The van der Waals surface area contributed by atoms with E-state index in [0.29, 0.717) is 11.8 Å². The van der Waals surface area contributed by atoms with Crippen LogP contribution in [0.4, 0.5) is 0 Å². The fourth-order valence-corrected chi connectivity index (χ4v) is 3.07. The van der Waals surface area contributed by atoms with Crippen LogP contribution in [-0.4, -0.2) is 23.6 Å². The number of likely N-dealkylation sites (tertiary alicyclic amines) is 1. The molecular weight excluding hydrogens is 222 g/mol. The van der Waals surface area contributed by atoms with Crippen molar-refractivity contribution in [2.45, 2.75) is 25.3 Å². The smallest absolute Gasteiger partial charge is 0.121 e. The molecule has 3 rings (SSSR count). The summed E-state index contributed by atoms with van der Waals surface area (Å²) in [6.45, 7) is 1.12. The average molecular weight is 241 g/mol. The molecule has 2 aromatic rings. The highest BCUT2D eigenvalue weighted by atomic mass is 16.3. The van der Waals surface area contributed by atoms with Gasteiger partial charge >= 0.3 is 0 Å². The van der Waals surface area contributed by atoms with Gasteiger partial charge in [0.25, 0.3) is 0 Å². The Bertz CT molecular complexity index is 564. The number of aromatic hydroxyl groups is 1. The number of nitrogens with zero attached hydrogens (tertiary/aromatic N) is 1. The molecule has 1 saturated heterocycles. The largest absolute Gasteiger partial charge is 0.508 e. The Balaban J connectivity index is 2.17. The number of benzene rings is 2. The van der Waals surface area contributed by atoms with E-state index >= 15 is 0 Å². The summed E-state index contributed by atoms with van der Waals surface area (Å²) >= 11 is 0. The first-order valence-electron chi connectivity index (χ1n) is 6.68. The Labute approximate surface area is 108 Å². The molecule has 2 heteroatoms. The molecule has 0 spiro atoms. The molecule has 2 aromatic carbocycles. The molecule has 1 atom stereocenters. The molecule has 0 saturated carbocycles. The average Bonchev–Trinajstić information content (AvgIpc) is 2.40. The minimum atomic E-state index is 0.352. The molecule has 18 heavy (non-hydrogen) atoms. The fourth-order valence-electron chi connectivity index (χ4n) is 3.07. The van der Waals surface area contributed by atoms with Crippen LogP contribution in [0.15, 0.2) is 36.4 Å². The molecule has 94 valence electrons. The molecule has 1 N–H and O–H groups in total. The van der Waals surface area contributed by atoms with Gasteiger partial charge in [-0.25, -0.2) is 0 Å². The number of hydrogen-bond donors (Lipinski definition) is 1. The predicted octanol–water partition coefficient (Wildman–Crippen LogP) is 3.70. The van der Waals surface area contributed by atoms with Crippen molar-refractivity contribution in [1.82, 2.24) is 4.90 Å². The minimum absolute atomic E-state index is 0.352. The van der Waals surface area contributed by atoms with E-state index in [-0.39, 0.29) is 0 Å². The molecule has 1 aliphatic heterocycles. The van der Waals surface area contributed by atoms with Crippen LogP contribution in [0.1, 0.15) is 30.9 Å². The maximum Gasteiger partial charge on any atom is 0.121 e. The third-order valence-electron chi connectivity index (χ3n) is 4.05. The van der Waals surface area contributed by atoms with Gasteiger partial charge in [-0.1, -0.05) is 36.8 Å². The third-order valence-corrected chi connectivity index (χ3v) is 4.05. The zero-order valence-electron chi connectivity index (χ0n) is 10.8. The zero-order chi connectivity index (χ0) is 12.5. The van der Waals surface area contributed by atoms with Crippen LogP contribution in [0.25, 0.3) is 10.8 Å². The van der Waals surface area contributed by atoms with E-state index in [1.165, 1.54) is 23.6 Å². The lowest BCUT2D eigenvalue weighted by atomic mass is 9.91. The van der Waals surface area contributed by atoms with Crippen molar-refractivity contribution in [2.75, 3.05) is 13.6 Å². The number of rotatable bonds is 1. The Kier molecular flexibility index (Phi) is 2.96. The van der Waals surface area contributed by atoms with Gasteiger partial charge in [-0.2, -0.15) is 0 Å². The van der Waals surface area contributed by atoms with Crippen molar-refractivity contribution in [1.29, 1.82) is 0 Å². The summed E-state index contributed by atoms with van der Waals surface area (Å²) in [4.78, 5) is 2.37. The van der Waals surface area contributed by atoms with Crippen molar-refractivity contribution in [2.24, 2.45) is 0 Å². The van der Waals surface area contributed by atoms with Gasteiger partial charge in [-0.3, -0.25) is 4.90 Å². The molecule has 0 amide bonds. The molecule has 2 nitrogen and oxygen atoms in total. The molecule has 0 radical (unpaired) electrons. The van der Waals surface area contributed by atoms with Crippen LogP contribution < -0.4 is 0 Å². The standard InChI is InChI=1S/C16H19NO/c1-17-11-5-4-8-14(17)16-13-7-3-2-6-12(13)9-10-15(16)18/h2-3,6-7,9-10,14,18H,4-5,8,11H2,1H3. The van der Waals surface area contributed by atoms with Crippen molar-refractivity contribution >= 4 is 10.8 Å². The molecule has 0 aliphatic carbocycles. The van der Waals surface area contributed by atoms with Gasteiger partial charge in [0, 0.05) is 11.6 Å². The van der Waals surface area contributed by atoms with E-state index in [0.717, 1.165) is 18.5 Å². The maximum absolute atomic E-state index is 10.3. The minimum Gasteiger partial charge on any atom is -0.508 e. The molecular formula is C16H19NO. The van der Waals surface area contributed by atoms with Gasteiger partial charge in [0.05, 0.1) is 0 Å². The number of phenols is 1. The van der Waals surface area contributed by atoms with Crippen LogP contribution in [0.3, 0.4) is 0 Å². The lowest BCUT2D eigenvalue weighted by Crippen LogP contribution is -2.29. The van der Waals surface area contributed by atoms with Crippen LogP contribution >= 0.6 is 0 Å².